The predicted octanol–water partition coefficient (Wildman–Crippen LogP) is 8.27. The summed E-state index contributed by atoms with van der Waals surface area (Å²) in [6.45, 7) is 16.8. The van der Waals surface area contributed by atoms with Crippen molar-refractivity contribution in [2.75, 3.05) is 0 Å². The molecule has 275 valence electrons. The van der Waals surface area contributed by atoms with Gasteiger partial charge in [0.25, 0.3) is 12.7 Å². The minimum Gasteiger partial charge on any atom is -0.574 e. The Morgan fingerprint density at radius 3 is 1.35 bits per heavy atom. The van der Waals surface area contributed by atoms with Gasteiger partial charge < -0.3 is 19.3 Å². The molecule has 0 unspecified atom stereocenters. The van der Waals surface area contributed by atoms with Gasteiger partial charge in [0.05, 0.1) is 22.8 Å². The molecule has 4 aromatic carbocycles. The minimum atomic E-state index is 0. The first kappa shape index (κ1) is 39.5. The average molecular weight is 887 g/mol. The molecule has 0 amide bonds. The minimum absolute atomic E-state index is 0. The topological polar surface area (TPSA) is 57.5 Å². The first-order chi connectivity index (χ1) is 25.6. The van der Waals surface area contributed by atoms with Crippen LogP contribution in [0.25, 0.3) is 34.1 Å². The quantitative estimate of drug-likeness (QED) is 0.129. The summed E-state index contributed by atoms with van der Waals surface area (Å²) in [7, 11) is 0. The van der Waals surface area contributed by atoms with Crippen LogP contribution in [0.3, 0.4) is 0 Å². The maximum atomic E-state index is 4.12. The summed E-state index contributed by atoms with van der Waals surface area (Å²) in [6.07, 6.45) is 10.2. The van der Waals surface area contributed by atoms with Crippen LogP contribution in [0.5, 0.6) is 0 Å². The summed E-state index contributed by atoms with van der Waals surface area (Å²) in [6, 6.07) is 43.6. The van der Waals surface area contributed by atoms with Crippen LogP contribution in [-0.2, 0) is 20.1 Å². The van der Waals surface area contributed by atoms with Crippen molar-refractivity contribution in [3.8, 4) is 34.1 Å². The zero-order valence-electron chi connectivity index (χ0n) is 32.0. The molecule has 0 spiro atoms. The SMILES string of the molecule is Cc1c[c-]c(-n2[c-][n+](-c3ccc(C)cc3)c(C)c2C)cc1.Cc1c[c-]c(-n2[c-][n+](-c3ccc(C)cc3)c(C)c2C)cc1.[Ir].c1ccc(-c2ccn[n-]2)nc1. The molecule has 0 atom stereocenters. The van der Waals surface area contributed by atoms with Gasteiger partial charge >= 0.3 is 0 Å². The fourth-order valence-electron chi connectivity index (χ4n) is 5.66. The summed E-state index contributed by atoms with van der Waals surface area (Å²) in [5, 5.41) is 7.58. The van der Waals surface area contributed by atoms with Crippen molar-refractivity contribution in [2.24, 2.45) is 0 Å². The molecule has 0 aliphatic carbocycles. The van der Waals surface area contributed by atoms with Gasteiger partial charge in [-0.15, -0.1) is 0 Å². The van der Waals surface area contributed by atoms with Gasteiger partial charge in [-0.3, -0.25) is 14.1 Å². The molecule has 8 rings (SSSR count). The summed E-state index contributed by atoms with van der Waals surface area (Å²) in [5.41, 5.74) is 15.7. The summed E-state index contributed by atoms with van der Waals surface area (Å²) < 4.78 is 8.33. The third-order valence-electron chi connectivity index (χ3n) is 9.15. The van der Waals surface area contributed by atoms with E-state index in [-0.39, 0.29) is 20.1 Å². The molecular formula is C46H44IrN7-3. The Morgan fingerprint density at radius 2 is 0.981 bits per heavy atom. The van der Waals surface area contributed by atoms with Crippen molar-refractivity contribution in [2.45, 2.75) is 55.4 Å². The van der Waals surface area contributed by atoms with Crippen molar-refractivity contribution in [3.05, 3.63) is 191 Å². The van der Waals surface area contributed by atoms with E-state index in [1.54, 1.807) is 12.4 Å². The average Bonchev–Trinajstić information content (AvgIpc) is 3.90. The van der Waals surface area contributed by atoms with Crippen LogP contribution in [0.2, 0.25) is 0 Å². The van der Waals surface area contributed by atoms with Gasteiger partial charge in [-0.1, -0.05) is 67.1 Å². The summed E-state index contributed by atoms with van der Waals surface area (Å²) in [4.78, 5) is 4.12. The molecule has 1 radical (unpaired) electrons. The van der Waals surface area contributed by atoms with E-state index < -0.39 is 0 Å². The van der Waals surface area contributed by atoms with Crippen LogP contribution in [0.1, 0.15) is 45.0 Å². The Morgan fingerprint density at radius 1 is 0.519 bits per heavy atom. The van der Waals surface area contributed by atoms with Gasteiger partial charge in [0, 0.05) is 49.6 Å². The van der Waals surface area contributed by atoms with Crippen LogP contribution in [-0.4, -0.2) is 19.2 Å². The number of pyridine rings is 1. The molecule has 0 fully saturated rings. The van der Waals surface area contributed by atoms with E-state index in [4.69, 9.17) is 0 Å². The van der Waals surface area contributed by atoms with Crippen LogP contribution in [0.4, 0.5) is 0 Å². The molecule has 0 aliphatic rings. The van der Waals surface area contributed by atoms with Crippen molar-refractivity contribution in [3.63, 3.8) is 0 Å². The van der Waals surface area contributed by atoms with Gasteiger partial charge in [-0.25, -0.2) is 0 Å². The van der Waals surface area contributed by atoms with E-state index in [9.17, 15) is 0 Å². The van der Waals surface area contributed by atoms with Gasteiger partial charge in [0.15, 0.2) is 0 Å². The Labute approximate surface area is 333 Å². The van der Waals surface area contributed by atoms with Crippen molar-refractivity contribution in [1.29, 1.82) is 0 Å². The van der Waals surface area contributed by atoms with Crippen LogP contribution < -0.4 is 14.2 Å². The molecular weight excluding hydrogens is 843 g/mol. The molecule has 54 heavy (non-hydrogen) atoms. The van der Waals surface area contributed by atoms with Crippen molar-refractivity contribution >= 4 is 0 Å². The van der Waals surface area contributed by atoms with Gasteiger partial charge in [-0.2, -0.15) is 59.7 Å². The van der Waals surface area contributed by atoms with Crippen LogP contribution in [0, 0.1) is 80.2 Å². The largest absolute Gasteiger partial charge is 0.574 e. The Balaban J connectivity index is 0.000000162. The molecule has 4 aromatic heterocycles. The monoisotopic (exact) mass is 887 g/mol. The van der Waals surface area contributed by atoms with Gasteiger partial charge in [0.1, 0.15) is 0 Å². The molecule has 0 N–H and O–H groups in total. The molecule has 0 saturated carbocycles. The first-order valence-electron chi connectivity index (χ1n) is 17.6. The van der Waals surface area contributed by atoms with Crippen LogP contribution in [0.15, 0.2) is 122 Å². The van der Waals surface area contributed by atoms with Crippen LogP contribution >= 0.6 is 0 Å². The smallest absolute Gasteiger partial charge is 0.267 e. The number of aromatic nitrogens is 7. The molecule has 0 aliphatic heterocycles. The maximum absolute atomic E-state index is 4.12. The van der Waals surface area contributed by atoms with Gasteiger partial charge in [0.2, 0.25) is 0 Å². The molecule has 4 heterocycles. The fraction of sp³-hybridized carbons (Fsp3) is 0.174. The normalized spacial score (nSPS) is 10.4. The number of rotatable bonds is 5. The van der Waals surface area contributed by atoms with E-state index >= 15 is 0 Å². The number of hydrogen-bond acceptors (Lipinski definition) is 2. The molecule has 7 nitrogen and oxygen atoms in total. The number of benzene rings is 4. The van der Waals surface area contributed by atoms with Gasteiger partial charge in [-0.05, 0) is 89.3 Å². The molecule has 0 saturated heterocycles. The number of nitrogens with zero attached hydrogens (tertiary/aromatic N) is 7. The fourth-order valence-corrected chi connectivity index (χ4v) is 5.66. The standard InChI is InChI=1S/2C19H19N2.C8H6N3.Ir/c2*1-14-5-9-18(10-6-14)20-13-21(17(4)16(20)3)19-11-7-15(2)8-12-19;1-2-5-9-7(3-1)8-4-6-10-11-8;/h2*5-11H,1-4H3;1-6H;/q3*-1;. The first-order valence-corrected chi connectivity index (χ1v) is 17.6. The number of aryl methyl sites for hydroxylation is 4. The number of hydrogen-bond donors (Lipinski definition) is 0. The van der Waals surface area contributed by atoms with Crippen molar-refractivity contribution in [1.82, 2.24) is 24.3 Å². The Bertz CT molecular complexity index is 2100. The van der Waals surface area contributed by atoms with E-state index in [1.807, 2.05) is 36.4 Å². The van der Waals surface area contributed by atoms with E-state index in [0.29, 0.717) is 0 Å². The van der Waals surface area contributed by atoms with E-state index in [2.05, 4.69) is 186 Å². The second-order valence-electron chi connectivity index (χ2n) is 13.2. The number of imidazole rings is 2. The zero-order valence-corrected chi connectivity index (χ0v) is 34.4. The molecule has 8 aromatic rings. The Hall–Kier alpha value is -5.69. The Kier molecular flexibility index (Phi) is 13.1. The summed E-state index contributed by atoms with van der Waals surface area (Å²) >= 11 is 0. The molecule has 8 heteroatoms. The van der Waals surface area contributed by atoms with Crippen molar-refractivity contribution < 1.29 is 29.2 Å². The van der Waals surface area contributed by atoms with E-state index in [1.165, 1.54) is 45.0 Å². The second-order valence-corrected chi connectivity index (χ2v) is 13.2. The third kappa shape index (κ3) is 9.26. The predicted molar refractivity (Wildman–Crippen MR) is 209 cm³/mol. The third-order valence-corrected chi connectivity index (χ3v) is 9.15. The summed E-state index contributed by atoms with van der Waals surface area (Å²) in [5.74, 6) is 0. The second kappa shape index (κ2) is 17.9. The zero-order chi connectivity index (χ0) is 37.5. The molecule has 0 bridgehead atoms. The van der Waals surface area contributed by atoms with E-state index in [0.717, 1.165) is 34.1 Å². The maximum Gasteiger partial charge on any atom is 0.267 e.